The van der Waals surface area contributed by atoms with Crippen molar-refractivity contribution < 1.29 is 65.3 Å². The van der Waals surface area contributed by atoms with Crippen LogP contribution < -0.4 is 9.13 Å². The van der Waals surface area contributed by atoms with Gasteiger partial charge in [-0.15, -0.1) is 0 Å². The number of aliphatic hydroxyl groups is 1. The normalized spacial score (nSPS) is 10.1. The van der Waals surface area contributed by atoms with E-state index in [4.69, 9.17) is 9.66 Å². The highest BCUT2D eigenvalue weighted by atomic mass is 32.3. The van der Waals surface area contributed by atoms with Crippen molar-refractivity contribution in [1.29, 1.82) is 0 Å². The lowest BCUT2D eigenvalue weighted by Gasteiger charge is -2.10. The Morgan fingerprint density at radius 1 is 0.720 bits per heavy atom. The summed E-state index contributed by atoms with van der Waals surface area (Å²) in [5.41, 5.74) is 3.74. The van der Waals surface area contributed by atoms with Gasteiger partial charge in [-0.3, -0.25) is 26.3 Å². The molecule has 3 aromatic rings. The van der Waals surface area contributed by atoms with Gasteiger partial charge in [-0.05, 0) is 47.6 Å². The zero-order valence-electron chi connectivity index (χ0n) is 29.9. The quantitative estimate of drug-likeness (QED) is 0.181. The van der Waals surface area contributed by atoms with Gasteiger partial charge in [0.25, 0.3) is 0 Å². The van der Waals surface area contributed by atoms with E-state index < -0.39 is 31.2 Å². The fraction of sp³-hybridized carbons (Fsp3) is 0.387. The van der Waals surface area contributed by atoms with Gasteiger partial charge in [-0.1, -0.05) is 39.2 Å². The van der Waals surface area contributed by atoms with E-state index in [-0.39, 0.29) is 0 Å². The molecule has 0 fully saturated rings. The van der Waals surface area contributed by atoms with Crippen molar-refractivity contribution >= 4 is 43.3 Å². The van der Waals surface area contributed by atoms with Crippen LogP contribution in [-0.4, -0.2) is 80.0 Å². The second kappa shape index (κ2) is 31.5. The van der Waals surface area contributed by atoms with Crippen LogP contribution in [0.3, 0.4) is 0 Å². The van der Waals surface area contributed by atoms with Crippen molar-refractivity contribution in [1.82, 2.24) is 4.98 Å². The minimum atomic E-state index is -4.41. The highest BCUT2D eigenvalue weighted by Crippen LogP contribution is 2.21. The number of hydrogen-bond donors (Lipinski definition) is 2. The molecule has 3 heterocycles. The molecule has 0 spiro atoms. The molecular weight excluding hydrogens is 719 g/mol. The van der Waals surface area contributed by atoms with Gasteiger partial charge in [0, 0.05) is 43.8 Å². The van der Waals surface area contributed by atoms with E-state index in [9.17, 15) is 29.8 Å². The molecule has 0 aliphatic rings. The summed E-state index contributed by atoms with van der Waals surface area (Å²) in [6.45, 7) is 11.8. The van der Waals surface area contributed by atoms with E-state index in [0.29, 0.717) is 0 Å². The Morgan fingerprint density at radius 2 is 1.04 bits per heavy atom. The number of aryl methyl sites for hydroxylation is 2. The van der Waals surface area contributed by atoms with E-state index in [0.717, 1.165) is 52.6 Å². The molecule has 50 heavy (non-hydrogen) atoms. The fourth-order valence-corrected chi connectivity index (χ4v) is 2.90. The van der Waals surface area contributed by atoms with Gasteiger partial charge in [0.2, 0.25) is 10.4 Å². The third-order valence-corrected chi connectivity index (χ3v) is 7.11. The first-order chi connectivity index (χ1) is 23.3. The van der Waals surface area contributed by atoms with Crippen molar-refractivity contribution in [3.05, 3.63) is 103 Å². The minimum Gasteiger partial charge on any atom is -0.726 e. The maximum atomic E-state index is 9.92. The maximum absolute atomic E-state index is 9.92. The van der Waals surface area contributed by atoms with Crippen molar-refractivity contribution in [2.75, 3.05) is 35.5 Å². The predicted octanol–water partition coefficient (Wildman–Crippen LogP) is 2.95. The van der Waals surface area contributed by atoms with Crippen LogP contribution in [-0.2, 0) is 62.0 Å². The molecule has 0 aromatic carbocycles. The Morgan fingerprint density at radius 3 is 1.26 bits per heavy atom. The number of aromatic nitrogens is 3. The molecule has 19 heteroatoms. The van der Waals surface area contributed by atoms with E-state index in [1.54, 1.807) is 18.5 Å². The van der Waals surface area contributed by atoms with Crippen LogP contribution in [0.15, 0.2) is 86.7 Å². The van der Waals surface area contributed by atoms with Crippen LogP contribution >= 0.6 is 0 Å². The van der Waals surface area contributed by atoms with E-state index in [1.807, 2.05) is 54.3 Å². The summed E-state index contributed by atoms with van der Waals surface area (Å²) < 4.78 is 92.3. The molecule has 3 rings (SSSR count). The molecule has 0 aliphatic heterocycles. The van der Waals surface area contributed by atoms with Crippen molar-refractivity contribution in [2.24, 2.45) is 14.1 Å². The number of hydrogen-bond acceptors (Lipinski definition) is 13. The molecule has 2 N–H and O–H groups in total. The number of nitrogens with zero attached hydrogens (tertiary/aromatic N) is 3. The molecule has 0 unspecified atom stereocenters. The van der Waals surface area contributed by atoms with Gasteiger partial charge in [0.15, 0.2) is 24.8 Å². The Bertz CT molecular complexity index is 1540. The standard InChI is InChI=1S/C11H18N.C8H10N.C7H7N.C2H6O4S.2CH4O4S.CH4O/c1-4-10(5-2)11-6-8-12(3)9-7-11;1-3-8-4-6-9(2)7-5-8;1-2-7-3-5-8-6-4-7;1-5-7(3,4)6-2;2*1-5-6(2,3)4;1-2/h6-10H,4-5H2,1-3H3;3-7H,1H2,2H3;2-6H,1H2;1-2H3;2*1H3,(H,2,3,4);2H,1H3/q2*+1;;;;;/p-1. The second-order valence-corrected chi connectivity index (χ2v) is 12.5. The van der Waals surface area contributed by atoms with Crippen molar-refractivity contribution in [2.45, 2.75) is 32.6 Å². The summed E-state index contributed by atoms with van der Waals surface area (Å²) in [5.74, 6) is 0.742. The van der Waals surface area contributed by atoms with Crippen LogP contribution in [0, 0.1) is 0 Å². The van der Waals surface area contributed by atoms with Gasteiger partial charge in [0.05, 0.1) is 28.4 Å². The topological polar surface area (TPSA) is 224 Å². The second-order valence-electron chi connectivity index (χ2n) is 8.71. The monoisotopic (exact) mass is 770 g/mol. The van der Waals surface area contributed by atoms with Crippen molar-refractivity contribution in [3.63, 3.8) is 0 Å². The molecular formula is C31H52N3O13S3+. The van der Waals surface area contributed by atoms with Gasteiger partial charge in [-0.2, -0.15) is 16.8 Å². The largest absolute Gasteiger partial charge is 0.726 e. The number of rotatable bonds is 9. The number of pyridine rings is 3. The van der Waals surface area contributed by atoms with E-state index in [2.05, 4.69) is 84.9 Å². The minimum absolute atomic E-state index is 0.742. The third kappa shape index (κ3) is 35.8. The van der Waals surface area contributed by atoms with Gasteiger partial charge in [0.1, 0.15) is 14.1 Å². The zero-order chi connectivity index (χ0) is 39.8. The molecule has 0 saturated carbocycles. The van der Waals surface area contributed by atoms with Crippen LogP contribution in [0.2, 0.25) is 0 Å². The third-order valence-electron chi connectivity index (χ3n) is 5.47. The summed E-state index contributed by atoms with van der Waals surface area (Å²) in [4.78, 5) is 3.85. The lowest BCUT2D eigenvalue weighted by atomic mass is 9.95. The first-order valence-electron chi connectivity index (χ1n) is 14.2. The molecule has 0 saturated heterocycles. The Kier molecular flexibility index (Phi) is 33.6. The van der Waals surface area contributed by atoms with E-state index >= 15 is 0 Å². The van der Waals surface area contributed by atoms with Gasteiger partial charge in [-0.25, -0.2) is 17.6 Å². The molecule has 0 aliphatic carbocycles. The summed E-state index contributed by atoms with van der Waals surface area (Å²) in [6.07, 6.45) is 17.8. The first-order valence-corrected chi connectivity index (χ1v) is 18.2. The van der Waals surface area contributed by atoms with Gasteiger partial charge >= 0.3 is 20.8 Å². The van der Waals surface area contributed by atoms with Crippen LogP contribution in [0.4, 0.5) is 0 Å². The van der Waals surface area contributed by atoms with E-state index in [1.165, 1.54) is 18.4 Å². The molecule has 0 amide bonds. The number of aliphatic hydroxyl groups excluding tert-OH is 1. The molecule has 16 nitrogen and oxygen atoms in total. The van der Waals surface area contributed by atoms with Crippen LogP contribution in [0.1, 0.15) is 49.3 Å². The predicted molar refractivity (Wildman–Crippen MR) is 189 cm³/mol. The molecule has 0 bridgehead atoms. The SMILES string of the molecule is C=Cc1cc[n+](C)cc1.C=Cc1ccncc1.CCC(CC)c1cc[n+](C)cc1.CO.COS(=O)(=O)O.COS(=O)(=O)OC.COS(=O)(=O)[O-]. The highest BCUT2D eigenvalue weighted by molar-refractivity contribution is 7.81. The maximum Gasteiger partial charge on any atom is 0.399 e. The van der Waals surface area contributed by atoms with Gasteiger partial charge < -0.3 is 9.66 Å². The van der Waals surface area contributed by atoms with Crippen molar-refractivity contribution in [3.8, 4) is 0 Å². The average Bonchev–Trinajstić information content (AvgIpc) is 3.12. The molecule has 286 valence electrons. The lowest BCUT2D eigenvalue weighted by Crippen LogP contribution is -2.26. The Labute approximate surface area is 298 Å². The summed E-state index contributed by atoms with van der Waals surface area (Å²) in [5, 5.41) is 7.00. The summed E-state index contributed by atoms with van der Waals surface area (Å²) in [7, 11) is -3.45. The summed E-state index contributed by atoms with van der Waals surface area (Å²) in [6, 6.07) is 12.3. The zero-order valence-corrected chi connectivity index (χ0v) is 32.4. The fourth-order valence-electron chi connectivity index (χ4n) is 2.76. The highest BCUT2D eigenvalue weighted by Gasteiger charge is 2.07. The Balaban J connectivity index is -0.000000256. The Hall–Kier alpha value is -3.50. The van der Waals surface area contributed by atoms with Crippen LogP contribution in [0.5, 0.6) is 0 Å². The average molecular weight is 771 g/mol. The smallest absolute Gasteiger partial charge is 0.399 e. The molecule has 0 radical (unpaired) electrons. The lowest BCUT2D eigenvalue weighted by molar-refractivity contribution is -0.671. The molecule has 3 aromatic heterocycles. The molecule has 0 atom stereocenters. The first kappa shape index (κ1) is 53.3. The summed E-state index contributed by atoms with van der Waals surface area (Å²) >= 11 is 0. The van der Waals surface area contributed by atoms with Crippen LogP contribution in [0.25, 0.3) is 12.2 Å².